The lowest BCUT2D eigenvalue weighted by molar-refractivity contribution is -0.108. The lowest BCUT2D eigenvalue weighted by Crippen LogP contribution is -2.04. The molecular formula is C7H6BrClO. The number of rotatable bonds is 1. The number of hydrogen-bond donors (Lipinski definition) is 0. The van der Waals surface area contributed by atoms with Gasteiger partial charge in [-0.15, -0.1) is 0 Å². The Morgan fingerprint density at radius 2 is 2.50 bits per heavy atom. The molecule has 1 aliphatic carbocycles. The van der Waals surface area contributed by atoms with Gasteiger partial charge in [0.25, 0.3) is 0 Å². The van der Waals surface area contributed by atoms with Gasteiger partial charge in [-0.3, -0.25) is 4.79 Å². The topological polar surface area (TPSA) is 17.1 Å². The fourth-order valence-corrected chi connectivity index (χ4v) is 1.45. The zero-order chi connectivity index (χ0) is 7.56. The average Bonchev–Trinajstić information content (AvgIpc) is 1.88. The van der Waals surface area contributed by atoms with Crippen LogP contribution in [0.3, 0.4) is 0 Å². The SMILES string of the molecule is O=C(Cl)C1=CC=CC(Br)C1. The van der Waals surface area contributed by atoms with E-state index in [0.29, 0.717) is 12.0 Å². The molecule has 1 nitrogen and oxygen atoms in total. The minimum absolute atomic E-state index is 0.259. The molecule has 0 fully saturated rings. The van der Waals surface area contributed by atoms with Gasteiger partial charge in [-0.2, -0.15) is 0 Å². The summed E-state index contributed by atoms with van der Waals surface area (Å²) in [7, 11) is 0. The van der Waals surface area contributed by atoms with Crippen molar-refractivity contribution in [3.8, 4) is 0 Å². The van der Waals surface area contributed by atoms with Crippen LogP contribution in [0, 0.1) is 0 Å². The maximum Gasteiger partial charge on any atom is 0.248 e. The third-order valence-electron chi connectivity index (χ3n) is 1.28. The number of halogens is 2. The van der Waals surface area contributed by atoms with E-state index >= 15 is 0 Å². The van der Waals surface area contributed by atoms with Crippen LogP contribution >= 0.6 is 27.5 Å². The van der Waals surface area contributed by atoms with E-state index in [1.54, 1.807) is 6.08 Å². The molecule has 0 saturated heterocycles. The van der Waals surface area contributed by atoms with E-state index in [4.69, 9.17) is 11.6 Å². The van der Waals surface area contributed by atoms with Crippen molar-refractivity contribution in [2.75, 3.05) is 0 Å². The third kappa shape index (κ3) is 1.96. The largest absolute Gasteiger partial charge is 0.276 e. The van der Waals surface area contributed by atoms with Gasteiger partial charge in [0.2, 0.25) is 5.24 Å². The van der Waals surface area contributed by atoms with Gasteiger partial charge in [-0.25, -0.2) is 0 Å². The lowest BCUT2D eigenvalue weighted by Gasteiger charge is -2.08. The molecule has 0 N–H and O–H groups in total. The molecule has 3 heteroatoms. The molecule has 1 atom stereocenters. The van der Waals surface area contributed by atoms with Crippen LogP contribution in [0.2, 0.25) is 0 Å². The van der Waals surface area contributed by atoms with E-state index in [9.17, 15) is 4.79 Å². The number of alkyl halides is 1. The van der Waals surface area contributed by atoms with Crippen LogP contribution in [-0.4, -0.2) is 10.1 Å². The van der Waals surface area contributed by atoms with Crippen molar-refractivity contribution in [3.05, 3.63) is 23.8 Å². The van der Waals surface area contributed by atoms with Crippen LogP contribution in [0.4, 0.5) is 0 Å². The monoisotopic (exact) mass is 220 g/mol. The van der Waals surface area contributed by atoms with Gasteiger partial charge in [0.05, 0.1) is 0 Å². The first-order chi connectivity index (χ1) is 4.70. The molecule has 1 unspecified atom stereocenters. The van der Waals surface area contributed by atoms with Crippen molar-refractivity contribution in [2.45, 2.75) is 11.2 Å². The molecular weight excluding hydrogens is 215 g/mol. The van der Waals surface area contributed by atoms with Crippen LogP contribution in [0.25, 0.3) is 0 Å². The molecule has 0 heterocycles. The highest BCUT2D eigenvalue weighted by Gasteiger charge is 2.12. The lowest BCUT2D eigenvalue weighted by atomic mass is 10.1. The Morgan fingerprint density at radius 1 is 1.80 bits per heavy atom. The van der Waals surface area contributed by atoms with Crippen molar-refractivity contribution >= 4 is 32.8 Å². The third-order valence-corrected chi connectivity index (χ3v) is 2.16. The van der Waals surface area contributed by atoms with Crippen molar-refractivity contribution in [1.29, 1.82) is 0 Å². The number of allylic oxidation sites excluding steroid dienone is 4. The smallest absolute Gasteiger partial charge is 0.248 e. The molecule has 10 heavy (non-hydrogen) atoms. The maximum atomic E-state index is 10.6. The van der Waals surface area contributed by atoms with Gasteiger partial charge in [0, 0.05) is 10.4 Å². The number of hydrogen-bond acceptors (Lipinski definition) is 1. The Balaban J connectivity index is 2.71. The highest BCUT2D eigenvalue weighted by Crippen LogP contribution is 2.20. The summed E-state index contributed by atoms with van der Waals surface area (Å²) in [6.07, 6.45) is 6.24. The van der Waals surface area contributed by atoms with Crippen LogP contribution in [-0.2, 0) is 4.79 Å². The molecule has 0 saturated carbocycles. The standard InChI is InChI=1S/C7H6BrClO/c8-6-3-1-2-5(4-6)7(9)10/h1-3,6H,4H2. The van der Waals surface area contributed by atoms with Crippen molar-refractivity contribution < 1.29 is 4.79 Å². The van der Waals surface area contributed by atoms with E-state index in [-0.39, 0.29) is 10.1 Å². The number of carbonyl (C=O) groups is 1. The summed E-state index contributed by atoms with van der Waals surface area (Å²) in [6.45, 7) is 0. The average molecular weight is 221 g/mol. The second-order valence-electron chi connectivity index (χ2n) is 2.07. The quantitative estimate of drug-likeness (QED) is 0.491. The fourth-order valence-electron chi connectivity index (χ4n) is 0.784. The summed E-state index contributed by atoms with van der Waals surface area (Å²) < 4.78 is 0. The summed E-state index contributed by atoms with van der Waals surface area (Å²) in [4.78, 5) is 10.8. The van der Waals surface area contributed by atoms with Gasteiger partial charge in [0.1, 0.15) is 0 Å². The maximum absolute atomic E-state index is 10.6. The molecule has 1 rings (SSSR count). The van der Waals surface area contributed by atoms with Crippen molar-refractivity contribution in [2.24, 2.45) is 0 Å². The highest BCUT2D eigenvalue weighted by atomic mass is 79.9. The van der Waals surface area contributed by atoms with E-state index in [1.165, 1.54) is 0 Å². The fraction of sp³-hybridized carbons (Fsp3) is 0.286. The molecule has 0 aromatic carbocycles. The first-order valence-corrected chi connectivity index (χ1v) is 4.21. The predicted octanol–water partition coefficient (Wildman–Crippen LogP) is 2.40. The summed E-state index contributed by atoms with van der Waals surface area (Å²) in [6, 6.07) is 0. The highest BCUT2D eigenvalue weighted by molar-refractivity contribution is 9.09. The van der Waals surface area contributed by atoms with Gasteiger partial charge in [0.15, 0.2) is 0 Å². The summed E-state index contributed by atoms with van der Waals surface area (Å²) in [5.41, 5.74) is 0.672. The van der Waals surface area contributed by atoms with Crippen molar-refractivity contribution in [1.82, 2.24) is 0 Å². The van der Waals surface area contributed by atoms with Crippen LogP contribution < -0.4 is 0 Å². The van der Waals surface area contributed by atoms with Gasteiger partial charge < -0.3 is 0 Å². The minimum Gasteiger partial charge on any atom is -0.276 e. The summed E-state index contributed by atoms with van der Waals surface area (Å²) >= 11 is 8.62. The normalized spacial score (nSPS) is 24.2. The molecule has 0 radical (unpaired) electrons. The van der Waals surface area contributed by atoms with E-state index in [2.05, 4.69) is 15.9 Å². The molecule has 0 aliphatic heterocycles. The van der Waals surface area contributed by atoms with E-state index < -0.39 is 0 Å². The molecule has 1 aliphatic rings. The molecule has 0 bridgehead atoms. The Hall–Kier alpha value is -0.0800. The molecule has 0 spiro atoms. The zero-order valence-corrected chi connectivity index (χ0v) is 7.52. The predicted molar refractivity (Wildman–Crippen MR) is 45.4 cm³/mol. The second-order valence-corrected chi connectivity index (χ2v) is 3.59. The molecule has 0 amide bonds. The van der Waals surface area contributed by atoms with E-state index in [0.717, 1.165) is 0 Å². The van der Waals surface area contributed by atoms with Crippen LogP contribution in [0.1, 0.15) is 6.42 Å². The first kappa shape index (κ1) is 8.02. The molecule has 0 aromatic heterocycles. The molecule has 54 valence electrons. The van der Waals surface area contributed by atoms with E-state index in [1.807, 2.05) is 12.2 Å². The van der Waals surface area contributed by atoms with Gasteiger partial charge >= 0.3 is 0 Å². The summed E-state index contributed by atoms with van der Waals surface area (Å²) in [5.74, 6) is 0. The summed E-state index contributed by atoms with van der Waals surface area (Å²) in [5, 5.41) is -0.353. The number of carbonyl (C=O) groups excluding carboxylic acids is 1. The Morgan fingerprint density at radius 3 is 2.90 bits per heavy atom. The van der Waals surface area contributed by atoms with Crippen LogP contribution in [0.15, 0.2) is 23.8 Å². The minimum atomic E-state index is -0.353. The Labute approximate surface area is 72.9 Å². The first-order valence-electron chi connectivity index (χ1n) is 2.91. The molecule has 0 aromatic rings. The zero-order valence-electron chi connectivity index (χ0n) is 5.18. The second kappa shape index (κ2) is 3.35. The van der Waals surface area contributed by atoms with Gasteiger partial charge in [-0.1, -0.05) is 34.2 Å². The Kier molecular flexibility index (Phi) is 2.69. The van der Waals surface area contributed by atoms with Gasteiger partial charge in [-0.05, 0) is 18.0 Å². The van der Waals surface area contributed by atoms with Crippen LogP contribution in [0.5, 0.6) is 0 Å². The Bertz CT molecular complexity index is 208. The van der Waals surface area contributed by atoms with Crippen molar-refractivity contribution in [3.63, 3.8) is 0 Å².